The summed E-state index contributed by atoms with van der Waals surface area (Å²) >= 11 is 7.86. The van der Waals surface area contributed by atoms with Crippen LogP contribution >= 0.6 is 22.9 Å². The van der Waals surface area contributed by atoms with Gasteiger partial charge in [0.2, 0.25) is 0 Å². The van der Waals surface area contributed by atoms with E-state index >= 15 is 0 Å². The van der Waals surface area contributed by atoms with E-state index < -0.39 is 18.5 Å². The molecule has 0 bridgehead atoms. The molecule has 0 unspecified atom stereocenters. The summed E-state index contributed by atoms with van der Waals surface area (Å²) in [6.45, 7) is 4.48. The van der Waals surface area contributed by atoms with Crippen molar-refractivity contribution in [2.45, 2.75) is 20.3 Å². The van der Waals surface area contributed by atoms with E-state index in [1.165, 1.54) is 19.2 Å². The van der Waals surface area contributed by atoms with Crippen LogP contribution in [0.5, 0.6) is 11.5 Å². The molecule has 0 aliphatic heterocycles. The van der Waals surface area contributed by atoms with Gasteiger partial charge in [-0.05, 0) is 30.2 Å². The molecule has 1 aromatic heterocycles. The number of amides is 1. The zero-order valence-electron chi connectivity index (χ0n) is 18.1. The van der Waals surface area contributed by atoms with Crippen LogP contribution in [0, 0.1) is 5.92 Å². The second-order valence-corrected chi connectivity index (χ2v) is 8.97. The summed E-state index contributed by atoms with van der Waals surface area (Å²) in [5.74, 6) is -0.0812. The van der Waals surface area contributed by atoms with Gasteiger partial charge in [0.15, 0.2) is 18.1 Å². The number of hydrogen-bond acceptors (Lipinski definition) is 7. The zero-order chi connectivity index (χ0) is 23.1. The third-order valence-corrected chi connectivity index (χ3v) is 5.74. The van der Waals surface area contributed by atoms with Gasteiger partial charge in [-0.1, -0.05) is 37.6 Å². The molecular weight excluding hydrogens is 452 g/mol. The number of thiazole rings is 1. The van der Waals surface area contributed by atoms with Gasteiger partial charge in [0, 0.05) is 13.0 Å². The Kier molecular flexibility index (Phi) is 8.30. The van der Waals surface area contributed by atoms with Crippen molar-refractivity contribution in [3.05, 3.63) is 52.0 Å². The van der Waals surface area contributed by atoms with Gasteiger partial charge in [-0.15, -0.1) is 11.3 Å². The third-order valence-electron chi connectivity index (χ3n) is 4.36. The summed E-state index contributed by atoms with van der Waals surface area (Å²) in [7, 11) is 1.46. The summed E-state index contributed by atoms with van der Waals surface area (Å²) in [6, 6.07) is 10.8. The fraction of sp³-hybridized carbons (Fsp3) is 0.348. The minimum Gasteiger partial charge on any atom is -0.493 e. The highest BCUT2D eigenvalue weighted by Gasteiger charge is 2.18. The number of rotatable bonds is 10. The Bertz CT molecular complexity index is 1070. The standard InChI is InChI=1S/C23H25ClN2O5S/c1-14(2)12-30-22-16(24)10-15(11-18(22)29-3)23(28)31-13-20(27)25-9-8-21-26-17-6-4-5-7-19(17)32-21/h4-7,10-11,14H,8-9,12-13H2,1-3H3,(H,25,27). The number of halogens is 1. The van der Waals surface area contributed by atoms with Crippen molar-refractivity contribution in [1.29, 1.82) is 0 Å². The normalized spacial score (nSPS) is 10.9. The number of methoxy groups -OCH3 is 1. The predicted octanol–water partition coefficient (Wildman–Crippen LogP) is 4.51. The zero-order valence-corrected chi connectivity index (χ0v) is 19.7. The number of esters is 1. The molecule has 0 saturated heterocycles. The largest absolute Gasteiger partial charge is 0.493 e. The number of benzene rings is 2. The quantitative estimate of drug-likeness (QED) is 0.433. The van der Waals surface area contributed by atoms with Gasteiger partial charge < -0.3 is 19.5 Å². The van der Waals surface area contributed by atoms with E-state index in [1.807, 2.05) is 38.1 Å². The number of hydrogen-bond donors (Lipinski definition) is 1. The minimum absolute atomic E-state index is 0.172. The second kappa shape index (κ2) is 11.2. The highest BCUT2D eigenvalue weighted by molar-refractivity contribution is 7.18. The number of para-hydroxylation sites is 1. The van der Waals surface area contributed by atoms with Gasteiger partial charge in [-0.2, -0.15) is 0 Å². The van der Waals surface area contributed by atoms with Crippen LogP contribution in [0.3, 0.4) is 0 Å². The monoisotopic (exact) mass is 476 g/mol. The average Bonchev–Trinajstić information content (AvgIpc) is 3.18. The molecule has 1 amide bonds. The molecule has 0 spiro atoms. The van der Waals surface area contributed by atoms with Crippen LogP contribution in [0.25, 0.3) is 10.2 Å². The Morgan fingerprint density at radius 3 is 2.72 bits per heavy atom. The number of fused-ring (bicyclic) bond motifs is 1. The van der Waals surface area contributed by atoms with E-state index in [4.69, 9.17) is 25.8 Å². The van der Waals surface area contributed by atoms with Gasteiger partial charge in [-0.3, -0.25) is 4.79 Å². The SMILES string of the molecule is COc1cc(C(=O)OCC(=O)NCCc2nc3ccccc3s2)cc(Cl)c1OCC(C)C. The molecule has 0 fully saturated rings. The minimum atomic E-state index is -0.679. The van der Waals surface area contributed by atoms with Crippen LogP contribution in [0.1, 0.15) is 29.2 Å². The number of carbonyl (C=O) groups is 2. The molecule has 0 aliphatic carbocycles. The molecule has 3 rings (SSSR count). The Balaban J connectivity index is 1.49. The summed E-state index contributed by atoms with van der Waals surface area (Å²) < 4.78 is 17.2. The summed E-state index contributed by atoms with van der Waals surface area (Å²) in [5, 5.41) is 3.90. The van der Waals surface area contributed by atoms with Crippen molar-refractivity contribution in [1.82, 2.24) is 10.3 Å². The van der Waals surface area contributed by atoms with E-state index in [9.17, 15) is 9.59 Å². The predicted molar refractivity (Wildman–Crippen MR) is 125 cm³/mol. The maximum atomic E-state index is 12.4. The van der Waals surface area contributed by atoms with Crippen LogP contribution in [-0.2, 0) is 16.0 Å². The van der Waals surface area contributed by atoms with Crippen LogP contribution < -0.4 is 14.8 Å². The summed E-state index contributed by atoms with van der Waals surface area (Å²) in [5.41, 5.74) is 1.12. The van der Waals surface area contributed by atoms with Gasteiger partial charge >= 0.3 is 5.97 Å². The first-order chi connectivity index (χ1) is 15.4. The molecule has 2 aromatic carbocycles. The van der Waals surface area contributed by atoms with E-state index in [1.54, 1.807) is 11.3 Å². The first-order valence-corrected chi connectivity index (χ1v) is 11.4. The highest BCUT2D eigenvalue weighted by Crippen LogP contribution is 2.37. The fourth-order valence-electron chi connectivity index (χ4n) is 2.83. The smallest absolute Gasteiger partial charge is 0.338 e. The lowest BCUT2D eigenvalue weighted by Crippen LogP contribution is -2.30. The fourth-order valence-corrected chi connectivity index (χ4v) is 4.06. The molecule has 0 atom stereocenters. The van der Waals surface area contributed by atoms with E-state index in [2.05, 4.69) is 10.3 Å². The Morgan fingerprint density at radius 1 is 1.22 bits per heavy atom. The molecule has 3 aromatic rings. The van der Waals surface area contributed by atoms with Gasteiger partial charge in [0.05, 0.1) is 39.5 Å². The number of nitrogens with zero attached hydrogens (tertiary/aromatic N) is 1. The molecule has 1 heterocycles. The molecule has 0 saturated carbocycles. The molecule has 170 valence electrons. The highest BCUT2D eigenvalue weighted by atomic mass is 35.5. The first-order valence-electron chi connectivity index (χ1n) is 10.2. The van der Waals surface area contributed by atoms with Crippen molar-refractivity contribution in [2.24, 2.45) is 5.92 Å². The van der Waals surface area contributed by atoms with E-state index in [-0.39, 0.29) is 10.6 Å². The lowest BCUT2D eigenvalue weighted by molar-refractivity contribution is -0.124. The van der Waals surface area contributed by atoms with E-state index in [0.29, 0.717) is 37.0 Å². The van der Waals surface area contributed by atoms with Gasteiger partial charge in [0.25, 0.3) is 5.91 Å². The summed E-state index contributed by atoms with van der Waals surface area (Å²) in [4.78, 5) is 29.0. The number of carbonyl (C=O) groups excluding carboxylic acids is 2. The second-order valence-electron chi connectivity index (χ2n) is 7.45. The topological polar surface area (TPSA) is 86.8 Å². The van der Waals surface area contributed by atoms with Crippen molar-refractivity contribution >= 4 is 45.0 Å². The van der Waals surface area contributed by atoms with Gasteiger partial charge in [0.1, 0.15) is 0 Å². The number of aromatic nitrogens is 1. The molecule has 7 nitrogen and oxygen atoms in total. The molecule has 0 radical (unpaired) electrons. The number of ether oxygens (including phenoxy) is 3. The lowest BCUT2D eigenvalue weighted by atomic mass is 10.2. The van der Waals surface area contributed by atoms with Crippen LogP contribution in [-0.4, -0.2) is 43.7 Å². The third kappa shape index (κ3) is 6.34. The molecular formula is C23H25ClN2O5S. The van der Waals surface area contributed by atoms with Crippen LogP contribution in [0.15, 0.2) is 36.4 Å². The maximum Gasteiger partial charge on any atom is 0.338 e. The van der Waals surface area contributed by atoms with Crippen LogP contribution in [0.4, 0.5) is 0 Å². The van der Waals surface area contributed by atoms with Crippen molar-refractivity contribution < 1.29 is 23.8 Å². The van der Waals surface area contributed by atoms with Crippen molar-refractivity contribution in [3.8, 4) is 11.5 Å². The maximum absolute atomic E-state index is 12.4. The van der Waals surface area contributed by atoms with Gasteiger partial charge in [-0.25, -0.2) is 9.78 Å². The van der Waals surface area contributed by atoms with Crippen LogP contribution in [0.2, 0.25) is 5.02 Å². The molecule has 1 N–H and O–H groups in total. The Morgan fingerprint density at radius 2 is 2.00 bits per heavy atom. The van der Waals surface area contributed by atoms with Crippen molar-refractivity contribution in [3.63, 3.8) is 0 Å². The number of nitrogens with one attached hydrogen (secondary N) is 1. The molecule has 0 aliphatic rings. The first kappa shape index (κ1) is 23.8. The Hall–Kier alpha value is -2.84. The molecule has 32 heavy (non-hydrogen) atoms. The van der Waals surface area contributed by atoms with E-state index in [0.717, 1.165) is 15.2 Å². The average molecular weight is 477 g/mol. The lowest BCUT2D eigenvalue weighted by Gasteiger charge is -2.15. The van der Waals surface area contributed by atoms with Crippen molar-refractivity contribution in [2.75, 3.05) is 26.9 Å². The summed E-state index contributed by atoms with van der Waals surface area (Å²) in [6.07, 6.45) is 0.601. The Labute approximate surface area is 195 Å². The molecule has 9 heteroatoms.